The largest absolute Gasteiger partial charge is 0.457 e. The van der Waals surface area contributed by atoms with Crippen molar-refractivity contribution < 1.29 is 9.47 Å². The quantitative estimate of drug-likeness (QED) is 0.609. The van der Waals surface area contributed by atoms with Gasteiger partial charge < -0.3 is 20.5 Å². The number of hydrogen-bond acceptors (Lipinski definition) is 3. The van der Waals surface area contributed by atoms with E-state index < -0.39 is 0 Å². The Hall–Kier alpha value is -2.53. The topological polar surface area (TPSA) is 68.9 Å². The van der Waals surface area contributed by atoms with E-state index in [4.69, 9.17) is 15.2 Å². The van der Waals surface area contributed by atoms with Gasteiger partial charge in [-0.3, -0.25) is 0 Å². The van der Waals surface area contributed by atoms with Crippen molar-refractivity contribution in [2.24, 2.45) is 10.7 Å². The van der Waals surface area contributed by atoms with Crippen molar-refractivity contribution in [3.8, 4) is 11.5 Å². The third-order valence-electron chi connectivity index (χ3n) is 3.17. The zero-order valence-electron chi connectivity index (χ0n) is 13.5. The normalized spacial score (nSPS) is 12.7. The maximum absolute atomic E-state index is 5.91. The minimum atomic E-state index is 0.111. The molecule has 1 atom stereocenters. The fourth-order valence-electron chi connectivity index (χ4n) is 2.11. The van der Waals surface area contributed by atoms with E-state index >= 15 is 0 Å². The average molecular weight is 313 g/mol. The van der Waals surface area contributed by atoms with Crippen LogP contribution < -0.4 is 15.8 Å². The van der Waals surface area contributed by atoms with Gasteiger partial charge in [-0.1, -0.05) is 36.4 Å². The van der Waals surface area contributed by atoms with Crippen molar-refractivity contribution in [1.29, 1.82) is 0 Å². The number of methoxy groups -OCH3 is 1. The maximum atomic E-state index is 5.91. The average Bonchev–Trinajstić information content (AvgIpc) is 2.55. The lowest BCUT2D eigenvalue weighted by Crippen LogP contribution is -2.40. The summed E-state index contributed by atoms with van der Waals surface area (Å²) in [4.78, 5) is 4.37. The zero-order chi connectivity index (χ0) is 16.5. The van der Waals surface area contributed by atoms with Crippen LogP contribution in [0, 0.1) is 0 Å². The van der Waals surface area contributed by atoms with Gasteiger partial charge >= 0.3 is 0 Å². The summed E-state index contributed by atoms with van der Waals surface area (Å²) in [6, 6.07) is 17.6. The van der Waals surface area contributed by atoms with Crippen molar-refractivity contribution in [2.45, 2.75) is 19.5 Å². The number of nitrogens with two attached hydrogens (primary N) is 1. The van der Waals surface area contributed by atoms with Crippen molar-refractivity contribution in [3.05, 3.63) is 60.2 Å². The first kappa shape index (κ1) is 16.8. The molecule has 2 aromatic carbocycles. The predicted octanol–water partition coefficient (Wildman–Crippen LogP) is 2.92. The lowest BCUT2D eigenvalue weighted by Gasteiger charge is -2.13. The van der Waals surface area contributed by atoms with Crippen LogP contribution in [-0.4, -0.2) is 25.7 Å². The van der Waals surface area contributed by atoms with Crippen LogP contribution in [0.25, 0.3) is 0 Å². The van der Waals surface area contributed by atoms with Crippen molar-refractivity contribution >= 4 is 5.96 Å². The third-order valence-corrected chi connectivity index (χ3v) is 3.17. The lowest BCUT2D eigenvalue weighted by molar-refractivity contribution is 0.179. The van der Waals surface area contributed by atoms with Gasteiger partial charge in [0.15, 0.2) is 5.96 Å². The molecule has 3 N–H and O–H groups in total. The molecule has 0 amide bonds. The molecule has 5 heteroatoms. The molecule has 0 aromatic heterocycles. The minimum absolute atomic E-state index is 0.111. The fourth-order valence-corrected chi connectivity index (χ4v) is 2.11. The molecule has 5 nitrogen and oxygen atoms in total. The van der Waals surface area contributed by atoms with Gasteiger partial charge in [-0.15, -0.1) is 0 Å². The molecular weight excluding hydrogens is 290 g/mol. The molecule has 0 bridgehead atoms. The van der Waals surface area contributed by atoms with E-state index in [9.17, 15) is 0 Å². The van der Waals surface area contributed by atoms with E-state index in [0.717, 1.165) is 17.1 Å². The van der Waals surface area contributed by atoms with Gasteiger partial charge in [0.1, 0.15) is 11.5 Å². The highest BCUT2D eigenvalue weighted by molar-refractivity contribution is 5.78. The Balaban J connectivity index is 2.03. The number of guanidine groups is 1. The predicted molar refractivity (Wildman–Crippen MR) is 92.8 cm³/mol. The van der Waals surface area contributed by atoms with E-state index in [-0.39, 0.29) is 6.04 Å². The number of para-hydroxylation sites is 2. The van der Waals surface area contributed by atoms with E-state index in [1.54, 1.807) is 7.11 Å². The Bertz CT molecular complexity index is 629. The van der Waals surface area contributed by atoms with Gasteiger partial charge in [-0.05, 0) is 25.1 Å². The standard InChI is InChI=1S/C18H23N3O2/c1-14(13-22-2)21-18(19)20-12-15-8-6-7-11-17(15)23-16-9-4-3-5-10-16/h3-11,14H,12-13H2,1-2H3,(H3,19,20,21). The molecular formula is C18H23N3O2. The second-order valence-corrected chi connectivity index (χ2v) is 5.23. The van der Waals surface area contributed by atoms with Crippen molar-refractivity contribution in [3.63, 3.8) is 0 Å². The van der Waals surface area contributed by atoms with Gasteiger partial charge in [0.2, 0.25) is 0 Å². The van der Waals surface area contributed by atoms with Gasteiger partial charge in [0, 0.05) is 18.7 Å². The number of benzene rings is 2. The highest BCUT2D eigenvalue weighted by Gasteiger charge is 2.05. The molecule has 1 unspecified atom stereocenters. The second-order valence-electron chi connectivity index (χ2n) is 5.23. The summed E-state index contributed by atoms with van der Waals surface area (Å²) in [5.41, 5.74) is 6.87. The highest BCUT2D eigenvalue weighted by Crippen LogP contribution is 2.25. The molecule has 0 aliphatic carbocycles. The summed E-state index contributed by atoms with van der Waals surface area (Å²) in [7, 11) is 1.66. The number of nitrogens with zero attached hydrogens (tertiary/aromatic N) is 1. The maximum Gasteiger partial charge on any atom is 0.189 e. The van der Waals surface area contributed by atoms with E-state index in [0.29, 0.717) is 19.1 Å². The SMILES string of the molecule is COCC(C)NC(N)=NCc1ccccc1Oc1ccccc1. The summed E-state index contributed by atoms with van der Waals surface area (Å²) in [6.07, 6.45) is 0. The number of aliphatic imine (C=N–C) groups is 1. The van der Waals surface area contributed by atoms with Crippen LogP contribution in [0.15, 0.2) is 59.6 Å². The number of nitrogens with one attached hydrogen (secondary N) is 1. The summed E-state index contributed by atoms with van der Waals surface area (Å²) >= 11 is 0. The lowest BCUT2D eigenvalue weighted by atomic mass is 10.2. The Morgan fingerprint density at radius 3 is 2.57 bits per heavy atom. The Morgan fingerprint density at radius 1 is 1.13 bits per heavy atom. The molecule has 0 spiro atoms. The summed E-state index contributed by atoms with van der Waals surface area (Å²) in [5, 5.41) is 3.08. The Morgan fingerprint density at radius 2 is 1.83 bits per heavy atom. The second kappa shape index (κ2) is 8.80. The van der Waals surface area contributed by atoms with Crippen molar-refractivity contribution in [1.82, 2.24) is 5.32 Å². The van der Waals surface area contributed by atoms with Gasteiger partial charge in [-0.25, -0.2) is 4.99 Å². The van der Waals surface area contributed by atoms with E-state index in [1.807, 2.05) is 61.5 Å². The van der Waals surface area contributed by atoms with Gasteiger partial charge in [-0.2, -0.15) is 0 Å². The molecule has 23 heavy (non-hydrogen) atoms. The Kier molecular flexibility index (Phi) is 6.44. The molecule has 0 radical (unpaired) electrons. The first-order chi connectivity index (χ1) is 11.2. The van der Waals surface area contributed by atoms with Crippen LogP contribution in [0.5, 0.6) is 11.5 Å². The monoisotopic (exact) mass is 313 g/mol. The number of hydrogen-bond donors (Lipinski definition) is 2. The molecule has 0 heterocycles. The molecule has 2 aromatic rings. The molecule has 0 saturated carbocycles. The zero-order valence-corrected chi connectivity index (χ0v) is 13.5. The summed E-state index contributed by atoms with van der Waals surface area (Å²) < 4.78 is 11.0. The summed E-state index contributed by atoms with van der Waals surface area (Å²) in [6.45, 7) is 3.00. The molecule has 0 aliphatic heterocycles. The van der Waals surface area contributed by atoms with Gasteiger partial charge in [0.25, 0.3) is 0 Å². The van der Waals surface area contributed by atoms with Crippen LogP contribution in [0.1, 0.15) is 12.5 Å². The Labute approximate surface area is 137 Å². The van der Waals surface area contributed by atoms with E-state index in [1.165, 1.54) is 0 Å². The van der Waals surface area contributed by atoms with Crippen molar-refractivity contribution in [2.75, 3.05) is 13.7 Å². The summed E-state index contributed by atoms with van der Waals surface area (Å²) in [5.74, 6) is 1.97. The molecule has 2 rings (SSSR count). The molecule has 0 aliphatic rings. The minimum Gasteiger partial charge on any atom is -0.457 e. The molecule has 0 saturated heterocycles. The van der Waals surface area contributed by atoms with Crippen LogP contribution >= 0.6 is 0 Å². The van der Waals surface area contributed by atoms with Gasteiger partial charge in [0.05, 0.1) is 13.2 Å². The first-order valence-electron chi connectivity index (χ1n) is 7.55. The van der Waals surface area contributed by atoms with Crippen LogP contribution in [0.2, 0.25) is 0 Å². The third kappa shape index (κ3) is 5.64. The van der Waals surface area contributed by atoms with Crippen LogP contribution in [0.4, 0.5) is 0 Å². The fraction of sp³-hybridized carbons (Fsp3) is 0.278. The van der Waals surface area contributed by atoms with Crippen LogP contribution in [0.3, 0.4) is 0 Å². The van der Waals surface area contributed by atoms with E-state index in [2.05, 4.69) is 10.3 Å². The smallest absolute Gasteiger partial charge is 0.189 e. The highest BCUT2D eigenvalue weighted by atomic mass is 16.5. The number of rotatable bonds is 7. The van der Waals surface area contributed by atoms with Crippen LogP contribution in [-0.2, 0) is 11.3 Å². The number of ether oxygens (including phenoxy) is 2. The first-order valence-corrected chi connectivity index (χ1v) is 7.55. The molecule has 122 valence electrons. The molecule has 0 fully saturated rings.